The van der Waals surface area contributed by atoms with E-state index in [1.807, 2.05) is 0 Å². The Morgan fingerprint density at radius 1 is 1.24 bits per heavy atom. The molecule has 3 heterocycles. The molecule has 0 spiro atoms. The molecule has 11 heteroatoms. The van der Waals surface area contributed by atoms with Crippen LogP contribution in [0, 0.1) is 5.92 Å². The van der Waals surface area contributed by atoms with Crippen LogP contribution in [-0.2, 0) is 21.4 Å². The van der Waals surface area contributed by atoms with Gasteiger partial charge in [-0.2, -0.15) is 9.40 Å². The van der Waals surface area contributed by atoms with Gasteiger partial charge in [-0.05, 0) is 49.2 Å². The maximum absolute atomic E-state index is 13.1. The number of amides is 1. The molecular formula is C22H26N4O6S. The summed E-state index contributed by atoms with van der Waals surface area (Å²) in [5.74, 6) is 0.993. The van der Waals surface area contributed by atoms with E-state index >= 15 is 0 Å². The third-order valence-electron chi connectivity index (χ3n) is 5.64. The molecule has 0 bridgehead atoms. The molecule has 1 aliphatic rings. The molecule has 10 nitrogen and oxygen atoms in total. The topological polar surface area (TPSA) is 127 Å². The first-order chi connectivity index (χ1) is 15.9. The van der Waals surface area contributed by atoms with Crippen LogP contribution in [0.25, 0.3) is 11.5 Å². The standard InChI is InChI=1S/C22H26N4O6S/c1-30-17-5-6-19(31-2)16(12-17)13-23-22(27)15-4-3-11-26(14-15)33(28,29)21-8-7-20(32-21)18-9-10-24-25-18/h5-10,12,15H,3-4,11,13-14H2,1-2H3,(H,23,27)(H,24,25). The summed E-state index contributed by atoms with van der Waals surface area (Å²) in [5, 5.41) is 9.33. The first-order valence-electron chi connectivity index (χ1n) is 10.5. The van der Waals surface area contributed by atoms with E-state index in [1.165, 1.54) is 10.4 Å². The Balaban J connectivity index is 1.42. The van der Waals surface area contributed by atoms with E-state index in [9.17, 15) is 13.2 Å². The van der Waals surface area contributed by atoms with Crippen LogP contribution in [0.3, 0.4) is 0 Å². The summed E-state index contributed by atoms with van der Waals surface area (Å²) in [6.45, 7) is 0.660. The highest BCUT2D eigenvalue weighted by Crippen LogP contribution is 2.28. The number of hydrogen-bond acceptors (Lipinski definition) is 7. The number of ether oxygens (including phenoxy) is 2. The van der Waals surface area contributed by atoms with Gasteiger partial charge in [-0.3, -0.25) is 9.89 Å². The van der Waals surface area contributed by atoms with Crippen LogP contribution in [0.1, 0.15) is 18.4 Å². The average molecular weight is 475 g/mol. The van der Waals surface area contributed by atoms with Gasteiger partial charge >= 0.3 is 0 Å². The SMILES string of the molecule is COc1ccc(OC)c(CNC(=O)C2CCCN(S(=O)(=O)c3ccc(-c4ccn[nH]4)o3)C2)c1. The van der Waals surface area contributed by atoms with Gasteiger partial charge in [0.2, 0.25) is 11.0 Å². The minimum Gasteiger partial charge on any atom is -0.497 e. The van der Waals surface area contributed by atoms with Crippen molar-refractivity contribution in [2.24, 2.45) is 5.92 Å². The Bertz CT molecular complexity index is 1210. The molecule has 176 valence electrons. The summed E-state index contributed by atoms with van der Waals surface area (Å²) < 4.78 is 43.7. The van der Waals surface area contributed by atoms with Crippen molar-refractivity contribution < 1.29 is 27.1 Å². The smallest absolute Gasteiger partial charge is 0.276 e. The van der Waals surface area contributed by atoms with Crippen LogP contribution in [0.4, 0.5) is 0 Å². The Morgan fingerprint density at radius 2 is 2.09 bits per heavy atom. The van der Waals surface area contributed by atoms with Gasteiger partial charge in [0.25, 0.3) is 10.0 Å². The number of carbonyl (C=O) groups excluding carboxylic acids is 1. The number of nitrogens with one attached hydrogen (secondary N) is 2. The number of carbonyl (C=O) groups is 1. The number of sulfonamides is 1. The summed E-state index contributed by atoms with van der Waals surface area (Å²) in [4.78, 5) is 12.9. The zero-order chi connectivity index (χ0) is 23.4. The molecule has 0 aliphatic carbocycles. The number of nitrogens with zero attached hydrogens (tertiary/aromatic N) is 2. The first-order valence-corrected chi connectivity index (χ1v) is 11.9. The number of benzene rings is 1. The van der Waals surface area contributed by atoms with Crippen molar-refractivity contribution in [3.8, 4) is 23.0 Å². The average Bonchev–Trinajstić information content (AvgIpc) is 3.55. The Hall–Kier alpha value is -3.31. The van der Waals surface area contributed by atoms with Gasteiger partial charge in [-0.25, -0.2) is 8.42 Å². The number of rotatable bonds is 8. The molecular weight excluding hydrogens is 448 g/mol. The number of aromatic amines is 1. The summed E-state index contributed by atoms with van der Waals surface area (Å²) in [6.07, 6.45) is 2.74. The predicted octanol–water partition coefficient (Wildman–Crippen LogP) is 2.40. The van der Waals surface area contributed by atoms with Crippen LogP contribution in [-0.4, -0.2) is 56.1 Å². The summed E-state index contributed by atoms with van der Waals surface area (Å²) in [7, 11) is -0.743. The minimum absolute atomic E-state index is 0.0868. The molecule has 0 radical (unpaired) electrons. The van der Waals surface area contributed by atoms with Gasteiger partial charge in [0.1, 0.15) is 17.2 Å². The second kappa shape index (κ2) is 9.67. The van der Waals surface area contributed by atoms with Crippen molar-refractivity contribution >= 4 is 15.9 Å². The fraction of sp³-hybridized carbons (Fsp3) is 0.364. The van der Waals surface area contributed by atoms with Crippen LogP contribution < -0.4 is 14.8 Å². The maximum atomic E-state index is 13.1. The molecule has 3 aromatic rings. The molecule has 1 atom stereocenters. The highest BCUT2D eigenvalue weighted by atomic mass is 32.2. The highest BCUT2D eigenvalue weighted by molar-refractivity contribution is 7.89. The largest absolute Gasteiger partial charge is 0.497 e. The molecule has 33 heavy (non-hydrogen) atoms. The van der Waals surface area contributed by atoms with Crippen LogP contribution >= 0.6 is 0 Å². The molecule has 1 amide bonds. The lowest BCUT2D eigenvalue weighted by molar-refractivity contribution is -0.126. The summed E-state index contributed by atoms with van der Waals surface area (Å²) >= 11 is 0. The fourth-order valence-corrected chi connectivity index (χ4v) is 5.28. The van der Waals surface area contributed by atoms with Crippen LogP contribution in [0.15, 0.2) is 52.1 Å². The Labute approximate surface area is 191 Å². The molecule has 2 aromatic heterocycles. The second-order valence-electron chi connectivity index (χ2n) is 7.69. The van der Waals surface area contributed by atoms with Gasteiger partial charge in [0.05, 0.1) is 20.1 Å². The van der Waals surface area contributed by atoms with Crippen LogP contribution in [0.2, 0.25) is 0 Å². The quantitative estimate of drug-likeness (QED) is 0.513. The molecule has 1 unspecified atom stereocenters. The van der Waals surface area contributed by atoms with Gasteiger partial charge in [0, 0.05) is 31.4 Å². The van der Waals surface area contributed by atoms with Gasteiger partial charge < -0.3 is 19.2 Å². The highest BCUT2D eigenvalue weighted by Gasteiger charge is 2.35. The number of H-pyrrole nitrogens is 1. The number of methoxy groups -OCH3 is 2. The fourth-order valence-electron chi connectivity index (χ4n) is 3.85. The van der Waals surface area contributed by atoms with E-state index < -0.39 is 15.9 Å². The maximum Gasteiger partial charge on any atom is 0.276 e. The number of aromatic nitrogens is 2. The minimum atomic E-state index is -3.87. The van der Waals surface area contributed by atoms with Crippen molar-refractivity contribution in [1.82, 2.24) is 19.8 Å². The van der Waals surface area contributed by atoms with E-state index in [2.05, 4.69) is 15.5 Å². The molecule has 2 N–H and O–H groups in total. The zero-order valence-electron chi connectivity index (χ0n) is 18.4. The monoisotopic (exact) mass is 474 g/mol. The molecule has 4 rings (SSSR count). The lowest BCUT2D eigenvalue weighted by Crippen LogP contribution is -2.45. The van der Waals surface area contributed by atoms with E-state index in [0.29, 0.717) is 42.3 Å². The van der Waals surface area contributed by atoms with E-state index in [1.54, 1.807) is 50.7 Å². The molecule has 1 aromatic carbocycles. The van der Waals surface area contributed by atoms with Crippen LogP contribution in [0.5, 0.6) is 11.5 Å². The first kappa shape index (κ1) is 22.9. The predicted molar refractivity (Wildman–Crippen MR) is 119 cm³/mol. The van der Waals surface area contributed by atoms with Crippen molar-refractivity contribution in [2.45, 2.75) is 24.5 Å². The van der Waals surface area contributed by atoms with Crippen molar-refractivity contribution in [3.63, 3.8) is 0 Å². The normalized spacial score (nSPS) is 17.0. The van der Waals surface area contributed by atoms with Crippen molar-refractivity contribution in [1.29, 1.82) is 0 Å². The lowest BCUT2D eigenvalue weighted by Gasteiger charge is -2.30. The van der Waals surface area contributed by atoms with Gasteiger partial charge in [0.15, 0.2) is 5.76 Å². The van der Waals surface area contributed by atoms with E-state index in [-0.39, 0.29) is 24.1 Å². The zero-order valence-corrected chi connectivity index (χ0v) is 19.2. The van der Waals surface area contributed by atoms with Gasteiger partial charge in [-0.1, -0.05) is 0 Å². The second-order valence-corrected chi connectivity index (χ2v) is 9.56. The lowest BCUT2D eigenvalue weighted by atomic mass is 9.98. The number of hydrogen-bond donors (Lipinski definition) is 2. The Morgan fingerprint density at radius 3 is 2.82 bits per heavy atom. The number of piperidine rings is 1. The van der Waals surface area contributed by atoms with E-state index in [0.717, 1.165) is 5.56 Å². The number of furan rings is 1. The summed E-state index contributed by atoms with van der Waals surface area (Å²) in [5.41, 5.74) is 1.35. The van der Waals surface area contributed by atoms with Crippen molar-refractivity contribution in [3.05, 3.63) is 48.2 Å². The van der Waals surface area contributed by atoms with Crippen molar-refractivity contribution in [2.75, 3.05) is 27.3 Å². The summed E-state index contributed by atoms with van der Waals surface area (Å²) in [6, 6.07) is 10.0. The third kappa shape index (κ3) is 4.88. The van der Waals surface area contributed by atoms with E-state index in [4.69, 9.17) is 13.9 Å². The Kier molecular flexibility index (Phi) is 6.70. The molecule has 1 aliphatic heterocycles. The molecule has 0 saturated carbocycles. The molecule has 1 fully saturated rings. The van der Waals surface area contributed by atoms with Gasteiger partial charge in [-0.15, -0.1) is 0 Å². The molecule has 1 saturated heterocycles. The third-order valence-corrected chi connectivity index (χ3v) is 7.38.